The van der Waals surface area contributed by atoms with Crippen molar-refractivity contribution in [1.82, 2.24) is 4.90 Å². The normalized spacial score (nSPS) is 16.1. The molecule has 0 unspecified atom stereocenters. The molecule has 2 heterocycles. The second-order valence-electron chi connectivity index (χ2n) is 7.10. The fourth-order valence-corrected chi connectivity index (χ4v) is 4.90. The Balaban J connectivity index is 1.45. The van der Waals surface area contributed by atoms with Crippen molar-refractivity contribution in [2.75, 3.05) is 33.2 Å². The molecule has 0 saturated carbocycles. The number of carbonyl (C=O) groups is 1. The van der Waals surface area contributed by atoms with Gasteiger partial charge in [0.25, 0.3) is 5.91 Å². The van der Waals surface area contributed by atoms with Crippen LogP contribution in [0, 0.1) is 5.41 Å². The smallest absolute Gasteiger partial charge is 0.283 e. The number of benzene rings is 2. The minimum Gasteiger partial charge on any atom is -0.493 e. The first kappa shape index (κ1) is 24.7. The molecule has 35 heavy (non-hydrogen) atoms. The highest BCUT2D eigenvalue weighted by Crippen LogP contribution is 2.33. The van der Waals surface area contributed by atoms with Crippen LogP contribution in [0.5, 0.6) is 23.0 Å². The van der Waals surface area contributed by atoms with E-state index in [9.17, 15) is 4.79 Å². The molecule has 9 nitrogen and oxygen atoms in total. The van der Waals surface area contributed by atoms with Crippen LogP contribution in [0.4, 0.5) is 0 Å². The van der Waals surface area contributed by atoms with E-state index in [1.807, 2.05) is 31.2 Å². The van der Waals surface area contributed by atoms with E-state index in [2.05, 4.69) is 9.39 Å². The third-order valence-electron chi connectivity index (χ3n) is 4.93. The van der Waals surface area contributed by atoms with Crippen LogP contribution >= 0.6 is 23.7 Å². The molecule has 0 bridgehead atoms. The molecule has 4 rings (SSSR count). The lowest BCUT2D eigenvalue weighted by Gasteiger charge is -2.24. The predicted molar refractivity (Wildman–Crippen MR) is 140 cm³/mol. The summed E-state index contributed by atoms with van der Waals surface area (Å²) in [7, 11) is 3.13. The van der Waals surface area contributed by atoms with Gasteiger partial charge in [0.1, 0.15) is 19.0 Å². The first-order valence-corrected chi connectivity index (χ1v) is 12.5. The number of hydrogen-bond donors (Lipinski definition) is 1. The molecule has 182 valence electrons. The van der Waals surface area contributed by atoms with Gasteiger partial charge in [-0.2, -0.15) is 9.39 Å². The number of nitrogens with one attached hydrogen (secondary N) is 1. The number of amidine groups is 3. The lowest BCUT2D eigenvalue weighted by Crippen LogP contribution is -2.41. The average Bonchev–Trinajstić information content (AvgIpc) is 3.27. The Kier molecular flexibility index (Phi) is 7.98. The van der Waals surface area contributed by atoms with Crippen molar-refractivity contribution < 1.29 is 23.7 Å². The van der Waals surface area contributed by atoms with Crippen LogP contribution < -0.4 is 18.9 Å². The summed E-state index contributed by atoms with van der Waals surface area (Å²) in [6.45, 7) is 2.61. The summed E-state index contributed by atoms with van der Waals surface area (Å²) < 4.78 is 26.7. The molecular weight excluding hydrogens is 488 g/mol. The molecule has 2 aliphatic heterocycles. The standard InChI is InChI=1S/C24H24N4O5S2/c1-4-34-24-27-35-23-26-22(29)16(21(25)28(23)24)13-15-9-10-19(20(14-15)31-3)33-12-11-32-18-8-6-5-7-17(18)30-2/h5-10,13-14,25H,4,11-12H2,1-3H3/b16-13-,25-21?. The van der Waals surface area contributed by atoms with Crippen molar-refractivity contribution in [3.63, 3.8) is 0 Å². The van der Waals surface area contributed by atoms with E-state index in [0.717, 1.165) is 17.7 Å². The van der Waals surface area contributed by atoms with E-state index < -0.39 is 5.91 Å². The zero-order chi connectivity index (χ0) is 24.8. The molecule has 0 fully saturated rings. The summed E-state index contributed by atoms with van der Waals surface area (Å²) in [4.78, 5) is 18.3. The Labute approximate surface area is 211 Å². The third kappa shape index (κ3) is 5.46. The molecule has 0 spiro atoms. The number of methoxy groups -OCH3 is 2. The maximum Gasteiger partial charge on any atom is 0.283 e. The topological polar surface area (TPSA) is 106 Å². The van der Waals surface area contributed by atoms with E-state index in [0.29, 0.717) is 52.1 Å². The molecule has 2 aliphatic rings. The Bertz CT molecular complexity index is 1230. The fourth-order valence-electron chi connectivity index (χ4n) is 3.33. The van der Waals surface area contributed by atoms with Gasteiger partial charge in [0.2, 0.25) is 5.17 Å². The lowest BCUT2D eigenvalue weighted by molar-refractivity contribution is -0.114. The minimum absolute atomic E-state index is 0.0532. The number of ether oxygens (including phenoxy) is 4. The van der Waals surface area contributed by atoms with Crippen LogP contribution in [-0.2, 0) is 4.79 Å². The van der Waals surface area contributed by atoms with E-state index >= 15 is 0 Å². The lowest BCUT2D eigenvalue weighted by atomic mass is 10.1. The van der Waals surface area contributed by atoms with Crippen molar-refractivity contribution >= 4 is 51.9 Å². The van der Waals surface area contributed by atoms with Gasteiger partial charge in [-0.1, -0.05) is 36.9 Å². The fraction of sp³-hybridized carbons (Fsp3) is 0.250. The van der Waals surface area contributed by atoms with Crippen molar-refractivity contribution in [3.05, 3.63) is 53.6 Å². The van der Waals surface area contributed by atoms with Crippen LogP contribution in [0.25, 0.3) is 6.08 Å². The van der Waals surface area contributed by atoms with Gasteiger partial charge in [-0.15, -0.1) is 0 Å². The minimum atomic E-state index is -0.473. The summed E-state index contributed by atoms with van der Waals surface area (Å²) in [6.07, 6.45) is 1.62. The second kappa shape index (κ2) is 11.3. The zero-order valence-corrected chi connectivity index (χ0v) is 21.1. The Morgan fingerprint density at radius 2 is 1.71 bits per heavy atom. The van der Waals surface area contributed by atoms with Crippen LogP contribution in [0.1, 0.15) is 12.5 Å². The molecule has 0 atom stereocenters. The third-order valence-corrected chi connectivity index (χ3v) is 6.57. The SMILES string of the molecule is CCSC1=NSC2=NC(=O)/C(=C\c3ccc(OCCOc4ccccc4OC)c(OC)c3)C(=N)N12. The van der Waals surface area contributed by atoms with Crippen LogP contribution in [0.3, 0.4) is 0 Å². The summed E-state index contributed by atoms with van der Waals surface area (Å²) in [5.74, 6) is 2.70. The van der Waals surface area contributed by atoms with Gasteiger partial charge in [0.15, 0.2) is 28.2 Å². The van der Waals surface area contributed by atoms with Crippen molar-refractivity contribution in [3.8, 4) is 23.0 Å². The summed E-state index contributed by atoms with van der Waals surface area (Å²) in [5, 5.41) is 9.64. The quantitative estimate of drug-likeness (QED) is 0.298. The maximum atomic E-state index is 12.6. The molecule has 2 aromatic carbocycles. The molecule has 1 amide bonds. The number of rotatable bonds is 9. The molecule has 0 radical (unpaired) electrons. The monoisotopic (exact) mass is 512 g/mol. The number of amides is 1. The zero-order valence-electron chi connectivity index (χ0n) is 19.4. The summed E-state index contributed by atoms with van der Waals surface area (Å²) in [6, 6.07) is 12.7. The largest absolute Gasteiger partial charge is 0.493 e. The molecular formula is C24H24N4O5S2. The average molecular weight is 513 g/mol. The van der Waals surface area contributed by atoms with E-state index in [1.165, 1.54) is 11.8 Å². The number of para-hydroxylation sites is 2. The van der Waals surface area contributed by atoms with Gasteiger partial charge in [-0.25, -0.2) is 4.90 Å². The van der Waals surface area contributed by atoms with Crippen LogP contribution in [0.15, 0.2) is 57.4 Å². The molecule has 0 aliphatic carbocycles. The van der Waals surface area contributed by atoms with Gasteiger partial charge < -0.3 is 18.9 Å². The number of aliphatic imine (C=N–C) groups is 1. The number of nitrogens with zero attached hydrogens (tertiary/aromatic N) is 3. The first-order valence-electron chi connectivity index (χ1n) is 10.7. The molecule has 1 N–H and O–H groups in total. The highest BCUT2D eigenvalue weighted by atomic mass is 32.2. The van der Waals surface area contributed by atoms with Crippen molar-refractivity contribution in [1.29, 1.82) is 5.41 Å². The van der Waals surface area contributed by atoms with E-state index in [4.69, 9.17) is 24.4 Å². The van der Waals surface area contributed by atoms with Gasteiger partial charge >= 0.3 is 0 Å². The van der Waals surface area contributed by atoms with Crippen molar-refractivity contribution in [2.24, 2.45) is 9.39 Å². The molecule has 0 saturated heterocycles. The number of hydrogen-bond acceptors (Lipinski definition) is 9. The Morgan fingerprint density at radius 3 is 2.40 bits per heavy atom. The molecule has 2 aromatic rings. The molecule has 0 aromatic heterocycles. The van der Waals surface area contributed by atoms with Gasteiger partial charge in [-0.3, -0.25) is 10.2 Å². The van der Waals surface area contributed by atoms with Gasteiger partial charge in [0.05, 0.1) is 31.7 Å². The highest BCUT2D eigenvalue weighted by molar-refractivity contribution is 8.19. The summed E-state index contributed by atoms with van der Waals surface area (Å²) >= 11 is 2.61. The Morgan fingerprint density at radius 1 is 1.03 bits per heavy atom. The maximum absolute atomic E-state index is 12.6. The highest BCUT2D eigenvalue weighted by Gasteiger charge is 2.37. The van der Waals surface area contributed by atoms with Crippen molar-refractivity contribution in [2.45, 2.75) is 6.92 Å². The van der Waals surface area contributed by atoms with Crippen LogP contribution in [0.2, 0.25) is 0 Å². The van der Waals surface area contributed by atoms with E-state index in [1.54, 1.807) is 43.4 Å². The first-order chi connectivity index (χ1) is 17.0. The number of fused-ring (bicyclic) bond motifs is 1. The Hall–Kier alpha value is -3.44. The number of thioether (sulfide) groups is 1. The van der Waals surface area contributed by atoms with E-state index in [-0.39, 0.29) is 11.4 Å². The van der Waals surface area contributed by atoms with Gasteiger partial charge in [-0.05, 0) is 41.7 Å². The van der Waals surface area contributed by atoms with Gasteiger partial charge in [0, 0.05) is 0 Å². The van der Waals surface area contributed by atoms with Crippen LogP contribution in [-0.4, -0.2) is 60.2 Å². The predicted octanol–water partition coefficient (Wildman–Crippen LogP) is 4.49. The number of carbonyl (C=O) groups excluding carboxylic acids is 1. The summed E-state index contributed by atoms with van der Waals surface area (Å²) in [5.41, 5.74) is 0.862. The molecule has 11 heteroatoms. The second-order valence-corrected chi connectivity index (χ2v) is 9.06.